The molecule has 0 spiro atoms. The highest BCUT2D eigenvalue weighted by Crippen LogP contribution is 2.26. The van der Waals surface area contributed by atoms with Gasteiger partial charge in [-0.15, -0.1) is 0 Å². The predicted octanol–water partition coefficient (Wildman–Crippen LogP) is 4.62. The van der Waals surface area contributed by atoms with Crippen LogP contribution in [0.4, 0.5) is 0 Å². The largest absolute Gasteiger partial charge is 0.355 e. The average Bonchev–Trinajstić information content (AvgIpc) is 3.11. The minimum absolute atomic E-state index is 0.615. The minimum atomic E-state index is 0.615. The van der Waals surface area contributed by atoms with E-state index in [0.29, 0.717) is 13.0 Å². The number of carbonyl (C=O) groups excluding carboxylic acids is 1. The zero-order valence-electron chi connectivity index (χ0n) is 15.2. The fourth-order valence-corrected chi connectivity index (χ4v) is 3.52. The highest BCUT2D eigenvalue weighted by Gasteiger charge is 2.15. The number of aromatic nitrogens is 2. The number of para-hydroxylation sites is 2. The molecule has 2 N–H and O–H groups in total. The Balaban J connectivity index is 0.000000170. The third-order valence-electron chi connectivity index (χ3n) is 4.88. The number of aromatic amines is 1. The summed E-state index contributed by atoms with van der Waals surface area (Å²) in [5.74, 6) is 2.03. The fraction of sp³-hybridized carbons (Fsp3) is 0.364. The van der Waals surface area contributed by atoms with E-state index in [-0.39, 0.29) is 0 Å². The number of hydrogen-bond donors (Lipinski definition) is 2. The van der Waals surface area contributed by atoms with Crippen molar-refractivity contribution in [3.63, 3.8) is 0 Å². The second-order valence-corrected chi connectivity index (χ2v) is 6.89. The minimum Gasteiger partial charge on any atom is -0.355 e. The van der Waals surface area contributed by atoms with Gasteiger partial charge >= 0.3 is 0 Å². The lowest BCUT2D eigenvalue weighted by Gasteiger charge is -2.20. The lowest BCUT2D eigenvalue weighted by molar-refractivity contribution is -0.109. The van der Waals surface area contributed by atoms with E-state index >= 15 is 0 Å². The van der Waals surface area contributed by atoms with Crippen molar-refractivity contribution in [2.24, 2.45) is 5.92 Å². The van der Waals surface area contributed by atoms with Crippen LogP contribution in [0.25, 0.3) is 11.0 Å². The molecule has 2 aromatic carbocycles. The first-order valence-corrected chi connectivity index (χ1v) is 9.50. The van der Waals surface area contributed by atoms with Crippen LogP contribution < -0.4 is 5.32 Å². The molecule has 1 aliphatic carbocycles. The Bertz CT molecular complexity index is 758. The number of benzene rings is 2. The summed E-state index contributed by atoms with van der Waals surface area (Å²) in [5.41, 5.74) is 3.40. The van der Waals surface area contributed by atoms with Crippen LogP contribution in [0.5, 0.6) is 0 Å². The van der Waals surface area contributed by atoms with Crippen molar-refractivity contribution in [3.05, 3.63) is 66.0 Å². The van der Waals surface area contributed by atoms with Gasteiger partial charge in [0.15, 0.2) is 0 Å². The van der Waals surface area contributed by atoms with Gasteiger partial charge in [0.1, 0.15) is 5.82 Å². The Kier molecular flexibility index (Phi) is 6.82. The summed E-state index contributed by atoms with van der Waals surface area (Å²) in [7, 11) is 0. The zero-order chi connectivity index (χ0) is 18.0. The van der Waals surface area contributed by atoms with Gasteiger partial charge in [0.05, 0.1) is 11.0 Å². The van der Waals surface area contributed by atoms with Gasteiger partial charge in [-0.2, -0.15) is 0 Å². The Morgan fingerprint density at radius 2 is 1.73 bits per heavy atom. The monoisotopic (exact) mass is 349 g/mol. The zero-order valence-corrected chi connectivity index (χ0v) is 15.2. The van der Waals surface area contributed by atoms with Crippen molar-refractivity contribution in [2.75, 3.05) is 0 Å². The van der Waals surface area contributed by atoms with Gasteiger partial charge in [-0.3, -0.25) is 4.79 Å². The number of imidazole rings is 1. The van der Waals surface area contributed by atoms with E-state index in [1.165, 1.54) is 43.4 Å². The van der Waals surface area contributed by atoms with Gasteiger partial charge in [0.2, 0.25) is 6.41 Å². The summed E-state index contributed by atoms with van der Waals surface area (Å²) in [4.78, 5) is 18.0. The molecule has 4 rings (SSSR count). The maximum absolute atomic E-state index is 9.87. The van der Waals surface area contributed by atoms with E-state index in [1.807, 2.05) is 36.4 Å². The molecule has 1 amide bonds. The quantitative estimate of drug-likeness (QED) is 0.660. The van der Waals surface area contributed by atoms with E-state index < -0.39 is 0 Å². The molecule has 0 unspecified atom stereocenters. The number of fused-ring (bicyclic) bond motifs is 1. The van der Waals surface area contributed by atoms with Crippen LogP contribution in [0.15, 0.2) is 54.6 Å². The normalized spacial score (nSPS) is 14.5. The standard InChI is InChI=1S/C14H18N2.C8H9NO/c1-2-6-11(7-3-1)10-14-15-12-8-4-5-9-13(12)16-14;10-7-9-6-8-4-2-1-3-5-8/h4-5,8-9,11H,1-3,6-7,10H2,(H,15,16);1-5,7H,6H2,(H,9,10). The molecule has 4 nitrogen and oxygen atoms in total. The maximum atomic E-state index is 9.87. The molecule has 3 aromatic rings. The molecule has 1 saturated carbocycles. The summed E-state index contributed by atoms with van der Waals surface area (Å²) in [5, 5.41) is 2.58. The molecule has 0 atom stereocenters. The summed E-state index contributed by atoms with van der Waals surface area (Å²) in [6, 6.07) is 18.1. The highest BCUT2D eigenvalue weighted by atomic mass is 16.1. The number of hydrogen-bond acceptors (Lipinski definition) is 2. The Labute approximate surface area is 155 Å². The third kappa shape index (κ3) is 5.45. The van der Waals surface area contributed by atoms with Crippen molar-refractivity contribution >= 4 is 17.4 Å². The predicted molar refractivity (Wildman–Crippen MR) is 106 cm³/mol. The first kappa shape index (κ1) is 18.2. The molecule has 1 aliphatic rings. The van der Waals surface area contributed by atoms with Crippen molar-refractivity contribution in [3.8, 4) is 0 Å². The number of H-pyrrole nitrogens is 1. The van der Waals surface area contributed by atoms with Crippen molar-refractivity contribution < 1.29 is 4.79 Å². The first-order chi connectivity index (χ1) is 12.8. The third-order valence-corrected chi connectivity index (χ3v) is 4.88. The molecule has 1 fully saturated rings. The van der Waals surface area contributed by atoms with Gasteiger partial charge in [-0.1, -0.05) is 74.6 Å². The van der Waals surface area contributed by atoms with E-state index in [4.69, 9.17) is 0 Å². The van der Waals surface area contributed by atoms with Crippen LogP contribution in [0.3, 0.4) is 0 Å². The second-order valence-electron chi connectivity index (χ2n) is 6.89. The molecule has 4 heteroatoms. The molecule has 1 heterocycles. The Hall–Kier alpha value is -2.62. The number of carbonyl (C=O) groups is 1. The molecule has 0 saturated heterocycles. The summed E-state index contributed by atoms with van der Waals surface area (Å²) in [6.45, 7) is 0.615. The summed E-state index contributed by atoms with van der Waals surface area (Å²) >= 11 is 0. The number of nitrogens with zero attached hydrogens (tertiary/aromatic N) is 1. The summed E-state index contributed by atoms with van der Waals surface area (Å²) < 4.78 is 0. The molecule has 1 aromatic heterocycles. The first-order valence-electron chi connectivity index (χ1n) is 9.50. The van der Waals surface area contributed by atoms with Gasteiger partial charge in [0, 0.05) is 13.0 Å². The molecule has 0 aliphatic heterocycles. The molecule has 0 radical (unpaired) electrons. The van der Waals surface area contributed by atoms with Crippen LogP contribution in [0, 0.1) is 5.92 Å². The number of rotatable bonds is 5. The topological polar surface area (TPSA) is 57.8 Å². The van der Waals surface area contributed by atoms with Crippen molar-refractivity contribution in [1.29, 1.82) is 0 Å². The van der Waals surface area contributed by atoms with Crippen LogP contribution in [0.1, 0.15) is 43.5 Å². The highest BCUT2D eigenvalue weighted by molar-refractivity contribution is 5.74. The van der Waals surface area contributed by atoms with E-state index in [2.05, 4.69) is 33.5 Å². The smallest absolute Gasteiger partial charge is 0.207 e. The molecular formula is C22H27N3O. The maximum Gasteiger partial charge on any atom is 0.207 e. The van der Waals surface area contributed by atoms with Gasteiger partial charge in [0.25, 0.3) is 0 Å². The Morgan fingerprint density at radius 3 is 2.46 bits per heavy atom. The van der Waals surface area contributed by atoms with Gasteiger partial charge < -0.3 is 10.3 Å². The number of nitrogens with one attached hydrogen (secondary N) is 2. The van der Waals surface area contributed by atoms with Crippen molar-refractivity contribution in [2.45, 2.75) is 45.1 Å². The summed E-state index contributed by atoms with van der Waals surface area (Å²) in [6.07, 6.45) is 8.85. The fourth-order valence-electron chi connectivity index (χ4n) is 3.52. The van der Waals surface area contributed by atoms with E-state index in [0.717, 1.165) is 23.4 Å². The van der Waals surface area contributed by atoms with Crippen molar-refractivity contribution in [1.82, 2.24) is 15.3 Å². The molecule has 136 valence electrons. The lowest BCUT2D eigenvalue weighted by Crippen LogP contribution is -2.10. The molecule has 0 bridgehead atoms. The van der Waals surface area contributed by atoms with Gasteiger partial charge in [-0.25, -0.2) is 4.98 Å². The second kappa shape index (κ2) is 9.76. The number of amides is 1. The molecular weight excluding hydrogens is 322 g/mol. The van der Waals surface area contributed by atoms with E-state index in [1.54, 1.807) is 0 Å². The van der Waals surface area contributed by atoms with Crippen LogP contribution in [0.2, 0.25) is 0 Å². The van der Waals surface area contributed by atoms with Crippen LogP contribution in [-0.2, 0) is 17.8 Å². The van der Waals surface area contributed by atoms with Crippen LogP contribution in [-0.4, -0.2) is 16.4 Å². The van der Waals surface area contributed by atoms with Gasteiger partial charge in [-0.05, 0) is 23.6 Å². The SMILES string of the molecule is O=CNCc1ccccc1.c1ccc2[nH]c(CC3CCCCC3)nc2c1. The average molecular weight is 349 g/mol. The van der Waals surface area contributed by atoms with E-state index in [9.17, 15) is 4.79 Å². The van der Waals surface area contributed by atoms with Crippen LogP contribution >= 0.6 is 0 Å². The molecule has 26 heavy (non-hydrogen) atoms. The Morgan fingerprint density at radius 1 is 1.00 bits per heavy atom. The lowest BCUT2D eigenvalue weighted by atomic mass is 9.87.